The van der Waals surface area contributed by atoms with E-state index in [2.05, 4.69) is 21.1 Å². The maximum Gasteiger partial charge on any atom is 0.185 e. The molecule has 1 aromatic carbocycles. The van der Waals surface area contributed by atoms with Crippen LogP contribution in [0.25, 0.3) is 11.3 Å². The smallest absolute Gasteiger partial charge is 0.185 e. The maximum absolute atomic E-state index is 6.12. The highest BCUT2D eigenvalue weighted by Crippen LogP contribution is 2.32. The Morgan fingerprint density at radius 1 is 1.38 bits per heavy atom. The van der Waals surface area contributed by atoms with Gasteiger partial charge in [-0.2, -0.15) is 0 Å². The zero-order valence-corrected chi connectivity index (χ0v) is 10.9. The van der Waals surface area contributed by atoms with Crippen LogP contribution in [0.3, 0.4) is 0 Å². The fraction of sp³-hybridized carbons (Fsp3) is 0.182. The van der Waals surface area contributed by atoms with E-state index >= 15 is 0 Å². The van der Waals surface area contributed by atoms with Crippen molar-refractivity contribution in [1.82, 2.24) is 5.16 Å². The molecule has 0 atom stereocenters. The van der Waals surface area contributed by atoms with Crippen molar-refractivity contribution >= 4 is 27.5 Å². The summed E-state index contributed by atoms with van der Waals surface area (Å²) in [6.45, 7) is 0. The van der Waals surface area contributed by atoms with Gasteiger partial charge >= 0.3 is 0 Å². The van der Waals surface area contributed by atoms with Crippen LogP contribution in [-0.2, 0) is 5.33 Å². The van der Waals surface area contributed by atoms with Crippen LogP contribution in [0.1, 0.15) is 5.69 Å². The summed E-state index contributed by atoms with van der Waals surface area (Å²) in [4.78, 5) is 0. The van der Waals surface area contributed by atoms with E-state index in [1.54, 1.807) is 7.11 Å². The van der Waals surface area contributed by atoms with Crippen molar-refractivity contribution in [3.8, 4) is 17.1 Å². The molecular weight excluding hydrogens is 293 g/mol. The van der Waals surface area contributed by atoms with Gasteiger partial charge in [-0.25, -0.2) is 0 Å². The van der Waals surface area contributed by atoms with Crippen LogP contribution in [0.4, 0.5) is 0 Å². The third-order valence-corrected chi connectivity index (χ3v) is 3.10. The monoisotopic (exact) mass is 301 g/mol. The van der Waals surface area contributed by atoms with Crippen molar-refractivity contribution in [2.45, 2.75) is 5.33 Å². The number of nitrogens with zero attached hydrogens (tertiary/aromatic N) is 1. The number of halogens is 2. The fourth-order valence-electron chi connectivity index (χ4n) is 1.32. The van der Waals surface area contributed by atoms with Gasteiger partial charge in [-0.3, -0.25) is 0 Å². The molecule has 0 aliphatic carbocycles. The lowest BCUT2D eigenvalue weighted by atomic mass is 10.1. The molecule has 0 bridgehead atoms. The zero-order chi connectivity index (χ0) is 11.5. The van der Waals surface area contributed by atoms with E-state index in [1.165, 1.54) is 0 Å². The average Bonchev–Trinajstić information content (AvgIpc) is 2.70. The summed E-state index contributed by atoms with van der Waals surface area (Å²) in [6, 6.07) is 7.45. The highest BCUT2D eigenvalue weighted by Gasteiger charge is 2.14. The molecule has 1 heterocycles. The molecule has 0 fully saturated rings. The van der Waals surface area contributed by atoms with E-state index in [1.807, 2.05) is 24.3 Å². The Hall–Kier alpha value is -1.000. The number of benzene rings is 1. The normalized spacial score (nSPS) is 10.4. The molecule has 3 nitrogen and oxygen atoms in total. The molecule has 0 saturated carbocycles. The second kappa shape index (κ2) is 4.89. The second-order valence-electron chi connectivity index (χ2n) is 3.13. The number of methoxy groups -OCH3 is 1. The second-order valence-corrected chi connectivity index (χ2v) is 4.07. The molecule has 2 aromatic rings. The molecule has 0 spiro atoms. The molecule has 0 unspecified atom stereocenters. The van der Waals surface area contributed by atoms with Crippen molar-refractivity contribution in [3.05, 3.63) is 35.0 Å². The lowest BCUT2D eigenvalue weighted by Crippen LogP contribution is -1.82. The molecule has 0 saturated heterocycles. The summed E-state index contributed by atoms with van der Waals surface area (Å²) >= 11 is 9.41. The largest absolute Gasteiger partial charge is 0.497 e. The van der Waals surface area contributed by atoms with Crippen LogP contribution in [0.2, 0.25) is 5.02 Å². The number of hydrogen-bond acceptors (Lipinski definition) is 3. The summed E-state index contributed by atoms with van der Waals surface area (Å²) in [5, 5.41) is 4.99. The van der Waals surface area contributed by atoms with Gasteiger partial charge in [0, 0.05) is 5.56 Å². The summed E-state index contributed by atoms with van der Waals surface area (Å²) in [7, 11) is 1.62. The van der Waals surface area contributed by atoms with E-state index in [-0.39, 0.29) is 0 Å². The van der Waals surface area contributed by atoms with Gasteiger partial charge in [0.25, 0.3) is 0 Å². The van der Waals surface area contributed by atoms with Crippen molar-refractivity contribution in [2.75, 3.05) is 7.11 Å². The van der Waals surface area contributed by atoms with Gasteiger partial charge in [-0.1, -0.05) is 32.7 Å². The predicted octanol–water partition coefficient (Wildman–Crippen LogP) is 3.90. The number of ether oxygens (including phenoxy) is 1. The van der Waals surface area contributed by atoms with Gasteiger partial charge in [0.05, 0.1) is 12.4 Å². The third-order valence-electron chi connectivity index (χ3n) is 2.18. The highest BCUT2D eigenvalue weighted by atomic mass is 79.9. The molecule has 0 aliphatic heterocycles. The van der Waals surface area contributed by atoms with Crippen LogP contribution in [-0.4, -0.2) is 12.3 Å². The van der Waals surface area contributed by atoms with Crippen LogP contribution >= 0.6 is 27.5 Å². The minimum absolute atomic E-state index is 0.544. The highest BCUT2D eigenvalue weighted by molar-refractivity contribution is 9.08. The topological polar surface area (TPSA) is 35.3 Å². The number of alkyl halides is 1. The van der Waals surface area contributed by atoms with E-state index in [0.717, 1.165) is 11.3 Å². The first-order valence-corrected chi connectivity index (χ1v) is 6.10. The summed E-state index contributed by atoms with van der Waals surface area (Å²) in [6.07, 6.45) is 0. The van der Waals surface area contributed by atoms with Crippen molar-refractivity contribution in [3.63, 3.8) is 0 Å². The van der Waals surface area contributed by atoms with Crippen LogP contribution < -0.4 is 4.74 Å². The van der Waals surface area contributed by atoms with Gasteiger partial charge < -0.3 is 9.26 Å². The Morgan fingerprint density at radius 2 is 2.06 bits per heavy atom. The Bertz CT molecular complexity index is 481. The van der Waals surface area contributed by atoms with Gasteiger partial charge in [0.15, 0.2) is 5.76 Å². The van der Waals surface area contributed by atoms with Crippen molar-refractivity contribution < 1.29 is 9.26 Å². The van der Waals surface area contributed by atoms with Gasteiger partial charge in [0.2, 0.25) is 0 Å². The fourth-order valence-corrected chi connectivity index (χ4v) is 2.11. The standard InChI is InChI=1S/C11H9BrClNO2/c1-15-8-4-2-7(3-5-8)11-10(13)9(6-12)14-16-11/h2-5H,6H2,1H3. The zero-order valence-electron chi connectivity index (χ0n) is 8.54. The molecule has 0 N–H and O–H groups in total. The Labute approximate surface area is 106 Å². The van der Waals surface area contributed by atoms with E-state index in [0.29, 0.717) is 21.8 Å². The molecular formula is C11H9BrClNO2. The Morgan fingerprint density at radius 3 is 2.56 bits per heavy atom. The van der Waals surface area contributed by atoms with E-state index < -0.39 is 0 Å². The minimum atomic E-state index is 0.544. The van der Waals surface area contributed by atoms with Crippen LogP contribution in [0.5, 0.6) is 5.75 Å². The van der Waals surface area contributed by atoms with Crippen molar-refractivity contribution in [1.29, 1.82) is 0 Å². The minimum Gasteiger partial charge on any atom is -0.497 e. The van der Waals surface area contributed by atoms with Crippen molar-refractivity contribution in [2.24, 2.45) is 0 Å². The lowest BCUT2D eigenvalue weighted by molar-refractivity contribution is 0.414. The SMILES string of the molecule is COc1ccc(-c2onc(CBr)c2Cl)cc1. The molecule has 0 aliphatic rings. The summed E-state index contributed by atoms with van der Waals surface area (Å²) < 4.78 is 10.3. The maximum atomic E-state index is 6.12. The predicted molar refractivity (Wildman–Crippen MR) is 66.1 cm³/mol. The first-order chi connectivity index (χ1) is 7.76. The summed E-state index contributed by atoms with van der Waals surface area (Å²) in [5.74, 6) is 1.37. The third kappa shape index (κ3) is 2.08. The molecule has 1 aromatic heterocycles. The molecule has 0 radical (unpaired) electrons. The van der Waals surface area contributed by atoms with Gasteiger partial charge in [-0.05, 0) is 24.3 Å². The molecule has 0 amide bonds. The quantitative estimate of drug-likeness (QED) is 0.807. The number of hydrogen-bond donors (Lipinski definition) is 0. The first-order valence-electron chi connectivity index (χ1n) is 4.60. The number of aromatic nitrogens is 1. The average molecular weight is 303 g/mol. The van der Waals surface area contributed by atoms with Gasteiger partial charge in [-0.15, -0.1) is 0 Å². The Kier molecular flexibility index (Phi) is 3.51. The van der Waals surface area contributed by atoms with Gasteiger partial charge in [0.1, 0.15) is 16.5 Å². The molecule has 2 rings (SSSR count). The Balaban J connectivity index is 2.38. The first kappa shape index (κ1) is 11.5. The molecule has 16 heavy (non-hydrogen) atoms. The number of rotatable bonds is 3. The molecule has 84 valence electrons. The van der Waals surface area contributed by atoms with Crippen LogP contribution in [0, 0.1) is 0 Å². The van der Waals surface area contributed by atoms with E-state index in [9.17, 15) is 0 Å². The summed E-state index contributed by atoms with van der Waals surface area (Å²) in [5.41, 5.74) is 1.58. The van der Waals surface area contributed by atoms with E-state index in [4.69, 9.17) is 20.9 Å². The molecule has 5 heteroatoms. The lowest BCUT2D eigenvalue weighted by Gasteiger charge is -2.00. The van der Waals surface area contributed by atoms with Crippen LogP contribution in [0.15, 0.2) is 28.8 Å².